The van der Waals surface area contributed by atoms with Crippen LogP contribution >= 0.6 is 25.3 Å². The van der Waals surface area contributed by atoms with E-state index in [1.807, 2.05) is 64.1 Å². The number of carbonyl (C=O) groups excluding carboxylic acids is 1. The Labute approximate surface area is 145 Å². The van der Waals surface area contributed by atoms with E-state index in [1.165, 1.54) is 0 Å². The van der Waals surface area contributed by atoms with Crippen molar-refractivity contribution in [2.45, 2.75) is 44.1 Å². The molecule has 22 heavy (non-hydrogen) atoms. The molecule has 0 spiro atoms. The van der Waals surface area contributed by atoms with E-state index in [4.69, 9.17) is 5.11 Å². The molecule has 2 aromatic carbocycles. The van der Waals surface area contributed by atoms with Crippen molar-refractivity contribution in [3.05, 3.63) is 59.7 Å². The van der Waals surface area contributed by atoms with E-state index >= 15 is 0 Å². The maximum Gasteiger partial charge on any atom is 0.151 e. The minimum Gasteiger partial charge on any atom is -0.392 e. The van der Waals surface area contributed by atoms with Gasteiger partial charge in [0.1, 0.15) is 0 Å². The van der Waals surface area contributed by atoms with Crippen LogP contribution in [0.15, 0.2) is 58.3 Å². The number of carbonyl (C=O) groups is 1. The Morgan fingerprint density at radius 1 is 0.864 bits per heavy atom. The fourth-order valence-corrected chi connectivity index (χ4v) is 1.68. The zero-order valence-electron chi connectivity index (χ0n) is 13.7. The van der Waals surface area contributed by atoms with E-state index in [1.54, 1.807) is 12.1 Å². The molecule has 0 radical (unpaired) electrons. The molecule has 2 rings (SSSR count). The smallest absolute Gasteiger partial charge is 0.151 e. The van der Waals surface area contributed by atoms with Crippen LogP contribution in [0.25, 0.3) is 0 Å². The Kier molecular flexibility index (Phi) is 16.9. The maximum atomic E-state index is 10.2. The van der Waals surface area contributed by atoms with E-state index in [0.29, 0.717) is 5.56 Å². The summed E-state index contributed by atoms with van der Waals surface area (Å²) in [4.78, 5) is 11.8. The maximum absolute atomic E-state index is 10.2. The number of hydrogen-bond donors (Lipinski definition) is 3. The largest absolute Gasteiger partial charge is 0.392 e. The number of thiol groups is 2. The third-order valence-corrected chi connectivity index (χ3v) is 3.07. The molecule has 0 saturated carbocycles. The SMILES string of the molecule is CC.CC.O=Cc1ccccc1S.OCc1ccccc1S. The predicted octanol–water partition coefficient (Wildman–Crippen LogP) is 5.31. The third-order valence-electron chi connectivity index (χ3n) is 2.23. The summed E-state index contributed by atoms with van der Waals surface area (Å²) in [5.41, 5.74) is 1.52. The van der Waals surface area contributed by atoms with Crippen LogP contribution in [0.3, 0.4) is 0 Å². The summed E-state index contributed by atoms with van der Waals surface area (Å²) >= 11 is 8.16. The molecule has 2 aromatic rings. The molecular weight excluding hydrogens is 312 g/mol. The van der Waals surface area contributed by atoms with E-state index in [9.17, 15) is 4.79 Å². The summed E-state index contributed by atoms with van der Waals surface area (Å²) < 4.78 is 0. The van der Waals surface area contributed by atoms with Crippen molar-refractivity contribution in [2.24, 2.45) is 0 Å². The van der Waals surface area contributed by atoms with Crippen LogP contribution in [0.5, 0.6) is 0 Å². The summed E-state index contributed by atoms with van der Waals surface area (Å²) in [6.45, 7) is 8.07. The van der Waals surface area contributed by atoms with Crippen molar-refractivity contribution in [3.8, 4) is 0 Å². The molecule has 0 aliphatic carbocycles. The summed E-state index contributed by atoms with van der Waals surface area (Å²) in [5.74, 6) is 0. The summed E-state index contributed by atoms with van der Waals surface area (Å²) in [6.07, 6.45) is 0.794. The van der Waals surface area contributed by atoms with Gasteiger partial charge in [-0.1, -0.05) is 64.1 Å². The highest BCUT2D eigenvalue weighted by Crippen LogP contribution is 2.11. The van der Waals surface area contributed by atoms with Crippen LogP contribution in [0, 0.1) is 0 Å². The molecule has 0 saturated heterocycles. The highest BCUT2D eigenvalue weighted by atomic mass is 32.1. The monoisotopic (exact) mass is 338 g/mol. The standard InChI is InChI=1S/C7H8OS.C7H6OS.2C2H6/c2*8-5-6-3-1-2-4-7(6)9;2*1-2/h1-4,8-9H,5H2;1-5,9H;2*1-2H3. The molecule has 0 heterocycles. The lowest BCUT2D eigenvalue weighted by Gasteiger charge is -1.96. The average Bonchev–Trinajstić information content (AvgIpc) is 2.60. The Morgan fingerprint density at radius 3 is 1.64 bits per heavy atom. The number of aliphatic hydroxyl groups excluding tert-OH is 1. The molecule has 0 bridgehead atoms. The van der Waals surface area contributed by atoms with E-state index < -0.39 is 0 Å². The van der Waals surface area contributed by atoms with Crippen LogP contribution in [0.2, 0.25) is 0 Å². The number of benzene rings is 2. The Bertz CT molecular complexity index is 514. The topological polar surface area (TPSA) is 37.3 Å². The molecule has 0 unspecified atom stereocenters. The zero-order valence-corrected chi connectivity index (χ0v) is 15.4. The van der Waals surface area contributed by atoms with Gasteiger partial charge in [0.2, 0.25) is 0 Å². The second-order valence-electron chi connectivity index (χ2n) is 3.46. The van der Waals surface area contributed by atoms with Crippen LogP contribution in [-0.4, -0.2) is 11.4 Å². The summed E-state index contributed by atoms with van der Waals surface area (Å²) in [5, 5.41) is 8.67. The Balaban J connectivity index is 0. The van der Waals surface area contributed by atoms with E-state index in [0.717, 1.165) is 21.6 Å². The van der Waals surface area contributed by atoms with Gasteiger partial charge in [-0.05, 0) is 17.7 Å². The lowest BCUT2D eigenvalue weighted by molar-refractivity contribution is 0.112. The number of rotatable bonds is 2. The first-order valence-corrected chi connectivity index (χ1v) is 8.19. The Morgan fingerprint density at radius 2 is 1.32 bits per heavy atom. The highest BCUT2D eigenvalue weighted by molar-refractivity contribution is 7.80. The van der Waals surface area contributed by atoms with E-state index in [2.05, 4.69) is 25.3 Å². The van der Waals surface area contributed by atoms with Gasteiger partial charge >= 0.3 is 0 Å². The lowest BCUT2D eigenvalue weighted by atomic mass is 10.2. The van der Waals surface area contributed by atoms with Crippen LogP contribution < -0.4 is 0 Å². The molecule has 1 N–H and O–H groups in total. The second kappa shape index (κ2) is 16.1. The molecule has 0 atom stereocenters. The molecule has 0 aromatic heterocycles. The average molecular weight is 339 g/mol. The first kappa shape index (κ1) is 23.0. The molecule has 0 amide bonds. The third kappa shape index (κ3) is 9.66. The molecule has 4 heteroatoms. The molecule has 122 valence electrons. The molecule has 0 fully saturated rings. The fourth-order valence-electron chi connectivity index (χ4n) is 1.23. The molecule has 0 aliphatic heterocycles. The molecular formula is C18H26O2S2. The quantitative estimate of drug-likeness (QED) is 0.513. The van der Waals surface area contributed by atoms with Gasteiger partial charge in [0.15, 0.2) is 6.29 Å². The van der Waals surface area contributed by atoms with Gasteiger partial charge in [-0.25, -0.2) is 0 Å². The van der Waals surface area contributed by atoms with Crippen LogP contribution in [-0.2, 0) is 6.61 Å². The molecule has 0 aliphatic rings. The van der Waals surface area contributed by atoms with Gasteiger partial charge < -0.3 is 5.11 Å². The van der Waals surface area contributed by atoms with Crippen molar-refractivity contribution < 1.29 is 9.90 Å². The van der Waals surface area contributed by atoms with Crippen molar-refractivity contribution in [1.82, 2.24) is 0 Å². The number of hydrogen-bond acceptors (Lipinski definition) is 4. The minimum absolute atomic E-state index is 0.0691. The van der Waals surface area contributed by atoms with Gasteiger partial charge in [-0.15, -0.1) is 25.3 Å². The zero-order chi connectivity index (χ0) is 17.4. The second-order valence-corrected chi connectivity index (χ2v) is 4.43. The van der Waals surface area contributed by atoms with Gasteiger partial charge in [0, 0.05) is 15.4 Å². The summed E-state index contributed by atoms with van der Waals surface area (Å²) in [7, 11) is 0. The van der Waals surface area contributed by atoms with Gasteiger partial charge in [0.05, 0.1) is 6.61 Å². The number of aldehydes is 1. The summed E-state index contributed by atoms with van der Waals surface area (Å²) in [6, 6.07) is 14.6. The Hall–Kier alpha value is -1.23. The van der Waals surface area contributed by atoms with E-state index in [-0.39, 0.29) is 6.61 Å². The van der Waals surface area contributed by atoms with Gasteiger partial charge in [-0.2, -0.15) is 0 Å². The first-order valence-electron chi connectivity index (χ1n) is 7.30. The van der Waals surface area contributed by atoms with Crippen molar-refractivity contribution in [3.63, 3.8) is 0 Å². The van der Waals surface area contributed by atoms with Gasteiger partial charge in [0.25, 0.3) is 0 Å². The van der Waals surface area contributed by atoms with Crippen molar-refractivity contribution >= 4 is 31.5 Å². The van der Waals surface area contributed by atoms with Crippen molar-refractivity contribution in [1.29, 1.82) is 0 Å². The molecule has 2 nitrogen and oxygen atoms in total. The van der Waals surface area contributed by atoms with Crippen LogP contribution in [0.4, 0.5) is 0 Å². The van der Waals surface area contributed by atoms with Crippen LogP contribution in [0.1, 0.15) is 43.6 Å². The minimum atomic E-state index is 0.0691. The highest BCUT2D eigenvalue weighted by Gasteiger charge is 1.92. The number of aliphatic hydroxyl groups is 1. The fraction of sp³-hybridized carbons (Fsp3) is 0.278. The normalized spacial score (nSPS) is 8.14. The first-order chi connectivity index (χ1) is 10.7. The van der Waals surface area contributed by atoms with Crippen molar-refractivity contribution in [2.75, 3.05) is 0 Å². The van der Waals surface area contributed by atoms with Gasteiger partial charge in [-0.3, -0.25) is 4.79 Å². The lowest BCUT2D eigenvalue weighted by Crippen LogP contribution is -1.82. The predicted molar refractivity (Wildman–Crippen MR) is 101 cm³/mol.